The van der Waals surface area contributed by atoms with Crippen LogP contribution in [0, 0.1) is 20.8 Å². The third-order valence-corrected chi connectivity index (χ3v) is 8.87. The van der Waals surface area contributed by atoms with Crippen LogP contribution in [0.15, 0.2) is 121 Å². The molecule has 2 nitrogen and oxygen atoms in total. The monoisotopic (exact) mass is 540 g/mol. The van der Waals surface area contributed by atoms with Crippen molar-refractivity contribution >= 4 is 23.1 Å². The molecule has 6 aromatic rings. The highest BCUT2D eigenvalue weighted by molar-refractivity contribution is 6.98. The topological polar surface area (TPSA) is 18.5 Å². The second-order valence-corrected chi connectivity index (χ2v) is 11.4. The van der Waals surface area contributed by atoms with Crippen molar-refractivity contribution in [1.29, 1.82) is 0 Å². The molecular weight excluding hydrogens is 511 g/mol. The molecule has 0 atom stereocenters. The maximum atomic E-state index is 6.94. The lowest BCUT2D eigenvalue weighted by Gasteiger charge is -2.34. The zero-order valence-corrected chi connectivity index (χ0v) is 23.9. The van der Waals surface area contributed by atoms with E-state index < -0.39 is 0 Å². The molecule has 8 rings (SSSR count). The lowest BCUT2D eigenvalue weighted by molar-refractivity contribution is 0.466. The van der Waals surface area contributed by atoms with E-state index in [1.54, 1.807) is 0 Å². The van der Waals surface area contributed by atoms with E-state index in [1.165, 1.54) is 44.4 Å². The first-order chi connectivity index (χ1) is 20.6. The van der Waals surface area contributed by atoms with Gasteiger partial charge < -0.3 is 9.47 Å². The van der Waals surface area contributed by atoms with Gasteiger partial charge in [0, 0.05) is 11.0 Å². The molecule has 3 heteroatoms. The van der Waals surface area contributed by atoms with Crippen LogP contribution in [0.2, 0.25) is 0 Å². The number of aryl methyl sites for hydroxylation is 3. The average Bonchev–Trinajstić information content (AvgIpc) is 3.01. The molecule has 0 amide bonds. The van der Waals surface area contributed by atoms with E-state index in [0.29, 0.717) is 0 Å². The van der Waals surface area contributed by atoms with E-state index in [-0.39, 0.29) is 6.71 Å². The van der Waals surface area contributed by atoms with Gasteiger partial charge in [-0.15, -0.1) is 0 Å². The summed E-state index contributed by atoms with van der Waals surface area (Å²) in [5.41, 5.74) is 14.2. The summed E-state index contributed by atoms with van der Waals surface area (Å²) in [5, 5.41) is 0. The molecule has 0 saturated carbocycles. The van der Waals surface area contributed by atoms with Crippen LogP contribution < -0.4 is 25.9 Å². The highest BCUT2D eigenvalue weighted by atomic mass is 16.5. The fourth-order valence-corrected chi connectivity index (χ4v) is 6.70. The molecule has 0 fully saturated rings. The predicted octanol–water partition coefficient (Wildman–Crippen LogP) is 8.34. The van der Waals surface area contributed by atoms with Gasteiger partial charge in [-0.05, 0) is 100 Å². The zero-order valence-electron chi connectivity index (χ0n) is 23.9. The number of hydrogen-bond donors (Lipinski definition) is 0. The van der Waals surface area contributed by atoms with Gasteiger partial charge in [-0.25, -0.2) is 0 Å². The summed E-state index contributed by atoms with van der Waals surface area (Å²) in [4.78, 5) is 0. The Morgan fingerprint density at radius 2 is 1.00 bits per heavy atom. The molecule has 0 radical (unpaired) electrons. The maximum Gasteiger partial charge on any atom is 0.260 e. The van der Waals surface area contributed by atoms with Gasteiger partial charge in [0.2, 0.25) is 0 Å². The highest BCUT2D eigenvalue weighted by Gasteiger charge is 2.41. The molecule has 0 saturated heterocycles. The van der Waals surface area contributed by atoms with E-state index >= 15 is 0 Å². The quantitative estimate of drug-likeness (QED) is 0.210. The summed E-state index contributed by atoms with van der Waals surface area (Å²) in [6, 6.07) is 43.2. The first kappa shape index (κ1) is 24.8. The predicted molar refractivity (Wildman–Crippen MR) is 175 cm³/mol. The molecule has 2 heterocycles. The lowest BCUT2D eigenvalue weighted by Crippen LogP contribution is -2.57. The first-order valence-electron chi connectivity index (χ1n) is 14.6. The molecule has 0 spiro atoms. The van der Waals surface area contributed by atoms with Crippen molar-refractivity contribution in [3.8, 4) is 56.4 Å². The minimum atomic E-state index is -0.0126. The van der Waals surface area contributed by atoms with Crippen LogP contribution >= 0.6 is 0 Å². The Hall–Kier alpha value is -5.02. The fourth-order valence-electron chi connectivity index (χ4n) is 6.70. The Kier molecular flexibility index (Phi) is 5.62. The number of fused-ring (bicyclic) bond motifs is 4. The van der Waals surface area contributed by atoms with Crippen LogP contribution in [0.25, 0.3) is 33.4 Å². The van der Waals surface area contributed by atoms with Crippen molar-refractivity contribution in [1.82, 2.24) is 0 Å². The molecule has 2 aliphatic heterocycles. The summed E-state index contributed by atoms with van der Waals surface area (Å²) >= 11 is 0. The normalized spacial score (nSPS) is 12.5. The fraction of sp³-hybridized carbons (Fsp3) is 0.0769. The summed E-state index contributed by atoms with van der Waals surface area (Å²) in [6.45, 7) is 6.48. The smallest absolute Gasteiger partial charge is 0.260 e. The van der Waals surface area contributed by atoms with Crippen molar-refractivity contribution in [3.63, 3.8) is 0 Å². The van der Waals surface area contributed by atoms with E-state index in [9.17, 15) is 0 Å². The van der Waals surface area contributed by atoms with Gasteiger partial charge in [0.1, 0.15) is 23.0 Å². The van der Waals surface area contributed by atoms with E-state index in [1.807, 2.05) is 0 Å². The SMILES string of the molecule is Cc1ccccc1-c1ccc2c(c1)Oc1c(-c3ccccc3C)ccc3c1B2c1cc(-c2ccccc2C)ccc1O3. The number of benzene rings is 6. The number of hydrogen-bond acceptors (Lipinski definition) is 2. The Labute approximate surface area is 247 Å². The minimum absolute atomic E-state index is 0.0126. The molecule has 42 heavy (non-hydrogen) atoms. The number of rotatable bonds is 3. The van der Waals surface area contributed by atoms with Crippen LogP contribution in [0.5, 0.6) is 23.0 Å². The summed E-state index contributed by atoms with van der Waals surface area (Å²) in [5.74, 6) is 3.54. The minimum Gasteiger partial charge on any atom is -0.458 e. The molecule has 6 aromatic carbocycles. The van der Waals surface area contributed by atoms with Crippen molar-refractivity contribution in [2.45, 2.75) is 20.8 Å². The van der Waals surface area contributed by atoms with Crippen LogP contribution in [0.3, 0.4) is 0 Å². The number of ether oxygens (including phenoxy) is 2. The van der Waals surface area contributed by atoms with Crippen molar-refractivity contribution in [3.05, 3.63) is 138 Å². The first-order valence-corrected chi connectivity index (χ1v) is 14.6. The van der Waals surface area contributed by atoms with Gasteiger partial charge in [-0.3, -0.25) is 0 Å². The molecular formula is C39H29BO2. The molecule has 200 valence electrons. The molecule has 2 aliphatic rings. The van der Waals surface area contributed by atoms with Gasteiger partial charge in [0.25, 0.3) is 6.71 Å². The van der Waals surface area contributed by atoms with Gasteiger partial charge in [0.05, 0.1) is 0 Å². The van der Waals surface area contributed by atoms with E-state index in [2.05, 4.69) is 142 Å². The van der Waals surface area contributed by atoms with Gasteiger partial charge in [-0.1, -0.05) is 97.1 Å². The van der Waals surface area contributed by atoms with Crippen LogP contribution in [0.1, 0.15) is 16.7 Å². The Balaban J connectivity index is 1.38. The van der Waals surface area contributed by atoms with E-state index in [4.69, 9.17) is 9.47 Å². The molecule has 0 N–H and O–H groups in total. The van der Waals surface area contributed by atoms with Gasteiger partial charge >= 0.3 is 0 Å². The van der Waals surface area contributed by atoms with Crippen LogP contribution in [-0.4, -0.2) is 6.71 Å². The Morgan fingerprint density at radius 1 is 0.429 bits per heavy atom. The second kappa shape index (κ2) is 9.53. The lowest BCUT2D eigenvalue weighted by atomic mass is 9.34. The second-order valence-electron chi connectivity index (χ2n) is 11.4. The van der Waals surface area contributed by atoms with Crippen LogP contribution in [0.4, 0.5) is 0 Å². The van der Waals surface area contributed by atoms with Crippen molar-refractivity contribution < 1.29 is 9.47 Å². The van der Waals surface area contributed by atoms with Crippen LogP contribution in [-0.2, 0) is 0 Å². The summed E-state index contributed by atoms with van der Waals surface area (Å²) in [7, 11) is 0. The third-order valence-electron chi connectivity index (χ3n) is 8.87. The Bertz CT molecular complexity index is 2040. The van der Waals surface area contributed by atoms with Crippen molar-refractivity contribution in [2.75, 3.05) is 0 Å². The maximum absolute atomic E-state index is 6.94. The largest absolute Gasteiger partial charge is 0.458 e. The molecule has 0 bridgehead atoms. The third kappa shape index (κ3) is 3.81. The van der Waals surface area contributed by atoms with Gasteiger partial charge in [0.15, 0.2) is 0 Å². The summed E-state index contributed by atoms with van der Waals surface area (Å²) in [6.07, 6.45) is 0. The summed E-state index contributed by atoms with van der Waals surface area (Å²) < 4.78 is 13.5. The Morgan fingerprint density at radius 3 is 1.67 bits per heavy atom. The zero-order chi connectivity index (χ0) is 28.4. The highest BCUT2D eigenvalue weighted by Crippen LogP contribution is 2.42. The van der Waals surface area contributed by atoms with E-state index in [0.717, 1.165) is 45.1 Å². The average molecular weight is 540 g/mol. The molecule has 0 unspecified atom stereocenters. The molecule has 0 aromatic heterocycles. The van der Waals surface area contributed by atoms with Crippen molar-refractivity contribution in [2.24, 2.45) is 0 Å². The molecule has 0 aliphatic carbocycles. The van der Waals surface area contributed by atoms with Gasteiger partial charge in [-0.2, -0.15) is 0 Å². The standard InChI is InChI=1S/C39H29BO2/c1-24-10-4-7-13-29(24)27-17-20-35-34(22-27)40-33-19-16-28(30-14-8-5-11-25(30)2)23-37(33)42-39-32(18-21-36(41-35)38(39)40)31-15-9-6-12-26(31)3/h4-23H,1-3H3.